The van der Waals surface area contributed by atoms with Gasteiger partial charge in [-0.3, -0.25) is 4.90 Å². The van der Waals surface area contributed by atoms with E-state index in [-0.39, 0.29) is 0 Å². The third kappa shape index (κ3) is 3.75. The lowest BCUT2D eigenvalue weighted by Gasteiger charge is -2.26. The van der Waals surface area contributed by atoms with Crippen LogP contribution in [0.2, 0.25) is 0 Å². The normalized spacial score (nSPS) is 17.2. The zero-order chi connectivity index (χ0) is 11.1. The van der Waals surface area contributed by atoms with E-state index in [2.05, 4.69) is 21.2 Å². The van der Waals surface area contributed by atoms with E-state index in [0.29, 0.717) is 12.5 Å². The molecule has 1 radical (unpaired) electrons. The summed E-state index contributed by atoms with van der Waals surface area (Å²) in [5, 5.41) is 0. The molecule has 5 heteroatoms. The van der Waals surface area contributed by atoms with Gasteiger partial charge in [-0.1, -0.05) is 0 Å². The fourth-order valence-corrected chi connectivity index (χ4v) is 1.62. The largest absolute Gasteiger partial charge is 0.478 e. The molecule has 1 saturated heterocycles. The molecule has 1 aliphatic heterocycles. The van der Waals surface area contributed by atoms with Crippen LogP contribution in [0.25, 0.3) is 0 Å². The van der Waals surface area contributed by atoms with Crippen molar-refractivity contribution in [1.29, 1.82) is 0 Å². The average Bonchev–Trinajstić information content (AvgIpc) is 2.37. The Morgan fingerprint density at radius 2 is 2.31 bits per heavy atom. The monoisotopic (exact) mass is 222 g/mol. The summed E-state index contributed by atoms with van der Waals surface area (Å²) in [6.45, 7) is 5.49. The van der Waals surface area contributed by atoms with E-state index in [1.807, 2.05) is 0 Å². The van der Waals surface area contributed by atoms with Crippen molar-refractivity contribution in [3.05, 3.63) is 18.6 Å². The Bertz CT molecular complexity index is 289. The Balaban J connectivity index is 1.58. The van der Waals surface area contributed by atoms with Crippen molar-refractivity contribution in [2.24, 2.45) is 0 Å². The van der Waals surface area contributed by atoms with Crippen LogP contribution in [0, 0.1) is 6.33 Å². The molecule has 5 nitrogen and oxygen atoms in total. The van der Waals surface area contributed by atoms with Gasteiger partial charge >= 0.3 is 0 Å². The number of aromatic nitrogens is 2. The van der Waals surface area contributed by atoms with Gasteiger partial charge in [-0.25, -0.2) is 4.98 Å². The van der Waals surface area contributed by atoms with Crippen LogP contribution in [-0.2, 0) is 4.74 Å². The van der Waals surface area contributed by atoms with Crippen molar-refractivity contribution in [1.82, 2.24) is 14.9 Å². The van der Waals surface area contributed by atoms with Crippen LogP contribution in [0.15, 0.2) is 12.3 Å². The van der Waals surface area contributed by atoms with E-state index in [1.165, 1.54) is 0 Å². The molecule has 1 aromatic rings. The Hall–Kier alpha value is -1.20. The Labute approximate surface area is 95.4 Å². The van der Waals surface area contributed by atoms with Crippen LogP contribution in [0.4, 0.5) is 0 Å². The van der Waals surface area contributed by atoms with Crippen LogP contribution < -0.4 is 4.74 Å². The molecule has 0 atom stereocenters. The summed E-state index contributed by atoms with van der Waals surface area (Å²) in [7, 11) is 0. The maximum atomic E-state index is 5.46. The second-order valence-electron chi connectivity index (χ2n) is 3.65. The van der Waals surface area contributed by atoms with Gasteiger partial charge in [-0.2, -0.15) is 4.98 Å². The lowest BCUT2D eigenvalue weighted by molar-refractivity contribution is 0.0357. The molecular weight excluding hydrogens is 206 g/mol. The van der Waals surface area contributed by atoms with Gasteiger partial charge in [0.05, 0.1) is 19.8 Å². The van der Waals surface area contributed by atoms with Crippen molar-refractivity contribution in [2.45, 2.75) is 6.42 Å². The van der Waals surface area contributed by atoms with Gasteiger partial charge < -0.3 is 9.47 Å². The van der Waals surface area contributed by atoms with Gasteiger partial charge in [-0.15, -0.1) is 0 Å². The molecule has 0 unspecified atom stereocenters. The molecule has 16 heavy (non-hydrogen) atoms. The van der Waals surface area contributed by atoms with Crippen molar-refractivity contribution in [3.63, 3.8) is 0 Å². The number of ether oxygens (including phenoxy) is 2. The van der Waals surface area contributed by atoms with Gasteiger partial charge in [0.15, 0.2) is 0 Å². The molecule has 0 aromatic carbocycles. The van der Waals surface area contributed by atoms with Crippen LogP contribution in [0.3, 0.4) is 0 Å². The summed E-state index contributed by atoms with van der Waals surface area (Å²) in [5.74, 6) is 0.594. The van der Waals surface area contributed by atoms with Gasteiger partial charge in [0.2, 0.25) is 12.2 Å². The molecule has 1 fully saturated rings. The molecule has 0 aliphatic carbocycles. The summed E-state index contributed by atoms with van der Waals surface area (Å²) in [6, 6.07) is 1.74. The number of nitrogens with zero attached hydrogens (tertiary/aromatic N) is 3. The van der Waals surface area contributed by atoms with Crippen molar-refractivity contribution in [2.75, 3.05) is 39.5 Å². The summed E-state index contributed by atoms with van der Waals surface area (Å²) in [4.78, 5) is 9.97. The third-order valence-electron chi connectivity index (χ3n) is 2.48. The molecule has 87 valence electrons. The second-order valence-corrected chi connectivity index (χ2v) is 3.65. The maximum Gasteiger partial charge on any atom is 0.216 e. The molecule has 0 amide bonds. The highest BCUT2D eigenvalue weighted by Crippen LogP contribution is 2.03. The van der Waals surface area contributed by atoms with E-state index in [9.17, 15) is 0 Å². The van der Waals surface area contributed by atoms with E-state index in [1.54, 1.807) is 12.3 Å². The minimum absolute atomic E-state index is 0.594. The standard InChI is InChI=1S/C11H16N3O2/c1(4-14-5-8-15-9-6-14)7-16-11-2-3-12-10-13-11/h2-3H,1,4-9H2. The highest BCUT2D eigenvalue weighted by molar-refractivity contribution is 5.03. The zero-order valence-corrected chi connectivity index (χ0v) is 9.26. The van der Waals surface area contributed by atoms with Crippen molar-refractivity contribution >= 4 is 0 Å². The van der Waals surface area contributed by atoms with E-state index in [0.717, 1.165) is 39.3 Å². The SMILES string of the molecule is [c]1nccc(OCCCN2CCOCC2)n1. The molecular formula is C11H16N3O2. The second kappa shape index (κ2) is 6.40. The minimum atomic E-state index is 0.594. The summed E-state index contributed by atoms with van der Waals surface area (Å²) in [5.41, 5.74) is 0. The van der Waals surface area contributed by atoms with Crippen LogP contribution >= 0.6 is 0 Å². The molecule has 0 N–H and O–H groups in total. The first-order chi connectivity index (χ1) is 7.95. The van der Waals surface area contributed by atoms with Crippen LogP contribution in [-0.4, -0.2) is 54.3 Å². The number of morpholine rings is 1. The van der Waals surface area contributed by atoms with E-state index < -0.39 is 0 Å². The average molecular weight is 222 g/mol. The lowest BCUT2D eigenvalue weighted by Crippen LogP contribution is -2.37. The van der Waals surface area contributed by atoms with Gasteiger partial charge in [0, 0.05) is 31.9 Å². The maximum absolute atomic E-state index is 5.46. The minimum Gasteiger partial charge on any atom is -0.478 e. The zero-order valence-electron chi connectivity index (χ0n) is 9.26. The van der Waals surface area contributed by atoms with Crippen LogP contribution in [0.1, 0.15) is 6.42 Å². The van der Waals surface area contributed by atoms with Crippen molar-refractivity contribution < 1.29 is 9.47 Å². The molecule has 0 saturated carbocycles. The summed E-state index contributed by atoms with van der Waals surface area (Å²) >= 11 is 0. The van der Waals surface area contributed by atoms with Crippen LogP contribution in [0.5, 0.6) is 5.88 Å². The predicted molar refractivity (Wildman–Crippen MR) is 58.2 cm³/mol. The summed E-state index contributed by atoms with van der Waals surface area (Å²) < 4.78 is 10.7. The third-order valence-corrected chi connectivity index (χ3v) is 2.48. The molecule has 2 rings (SSSR count). The first-order valence-corrected chi connectivity index (χ1v) is 5.57. The first kappa shape index (κ1) is 11.3. The van der Waals surface area contributed by atoms with E-state index in [4.69, 9.17) is 9.47 Å². The number of rotatable bonds is 5. The van der Waals surface area contributed by atoms with Crippen molar-refractivity contribution in [3.8, 4) is 5.88 Å². The molecule has 1 aromatic heterocycles. The quantitative estimate of drug-likeness (QED) is 0.674. The Morgan fingerprint density at radius 3 is 3.06 bits per heavy atom. The first-order valence-electron chi connectivity index (χ1n) is 5.57. The topological polar surface area (TPSA) is 47.5 Å². The lowest BCUT2D eigenvalue weighted by atomic mass is 10.3. The Morgan fingerprint density at radius 1 is 1.44 bits per heavy atom. The molecule has 2 heterocycles. The van der Waals surface area contributed by atoms with E-state index >= 15 is 0 Å². The highest BCUT2D eigenvalue weighted by Gasteiger charge is 2.09. The van der Waals surface area contributed by atoms with Gasteiger partial charge in [0.1, 0.15) is 0 Å². The summed E-state index contributed by atoms with van der Waals surface area (Å²) in [6.07, 6.45) is 5.13. The smallest absolute Gasteiger partial charge is 0.216 e. The molecule has 0 spiro atoms. The number of hydrogen-bond donors (Lipinski definition) is 0. The fourth-order valence-electron chi connectivity index (χ4n) is 1.62. The van der Waals surface area contributed by atoms with Gasteiger partial charge in [-0.05, 0) is 6.42 Å². The predicted octanol–water partition coefficient (Wildman–Crippen LogP) is 0.378. The Kier molecular flexibility index (Phi) is 4.51. The fraction of sp³-hybridized carbons (Fsp3) is 0.636. The number of hydrogen-bond acceptors (Lipinski definition) is 5. The molecule has 0 bridgehead atoms. The molecule has 1 aliphatic rings. The highest BCUT2D eigenvalue weighted by atomic mass is 16.5. The van der Waals surface area contributed by atoms with Gasteiger partial charge in [0.25, 0.3) is 0 Å².